The molecule has 0 saturated heterocycles. The number of halogens is 2. The van der Waals surface area contributed by atoms with Gasteiger partial charge >= 0.3 is 0 Å². The van der Waals surface area contributed by atoms with Crippen molar-refractivity contribution in [2.24, 2.45) is 7.05 Å². The van der Waals surface area contributed by atoms with E-state index in [1.807, 2.05) is 6.82 Å². The van der Waals surface area contributed by atoms with Crippen LogP contribution in [0.15, 0.2) is 29.2 Å². The first-order chi connectivity index (χ1) is 11.9. The number of benzene rings is 1. The van der Waals surface area contributed by atoms with Gasteiger partial charge in [0.15, 0.2) is 7.28 Å². The third-order valence-corrected chi connectivity index (χ3v) is 3.57. The van der Waals surface area contributed by atoms with Crippen LogP contribution in [0.2, 0.25) is 6.82 Å². The Morgan fingerprint density at radius 1 is 1.36 bits per heavy atom. The number of aryl methyl sites for hydroxylation is 1. The summed E-state index contributed by atoms with van der Waals surface area (Å²) in [6.07, 6.45) is 1.15. The number of anilines is 2. The number of amides is 1. The van der Waals surface area contributed by atoms with Gasteiger partial charge in [-0.3, -0.25) is 14.4 Å². The molecular weight excluding hydrogens is 331 g/mol. The van der Waals surface area contributed by atoms with Crippen LogP contribution in [0.3, 0.4) is 0 Å². The maximum Gasteiger partial charge on any atom is 0.288 e. The van der Waals surface area contributed by atoms with Crippen LogP contribution in [0.5, 0.6) is 0 Å². The Labute approximate surface area is 144 Å². The van der Waals surface area contributed by atoms with E-state index in [1.165, 1.54) is 19.2 Å². The number of nitrogens with zero attached hydrogens (tertiary/aromatic N) is 1. The zero-order chi connectivity index (χ0) is 18.6. The monoisotopic (exact) mass is 349 g/mol. The van der Waals surface area contributed by atoms with E-state index in [0.29, 0.717) is 7.28 Å². The molecule has 2 rings (SSSR count). The fourth-order valence-electron chi connectivity index (χ4n) is 2.20. The molecule has 0 fully saturated rings. The van der Waals surface area contributed by atoms with Gasteiger partial charge in [-0.1, -0.05) is 18.4 Å². The third kappa shape index (κ3) is 4.05. The second-order valence-electron chi connectivity index (χ2n) is 5.30. The molecule has 1 heterocycles. The van der Waals surface area contributed by atoms with Gasteiger partial charge in [-0.25, -0.2) is 9.87 Å². The predicted molar refractivity (Wildman–Crippen MR) is 93.1 cm³/mol. The average Bonchev–Trinajstić information content (AvgIpc) is 2.61. The van der Waals surface area contributed by atoms with Gasteiger partial charge in [0, 0.05) is 13.2 Å². The minimum atomic E-state index is -1.19. The number of rotatable bonds is 6. The Kier molecular flexibility index (Phi) is 5.92. The Morgan fingerprint density at radius 2 is 2.08 bits per heavy atom. The SMILES string of the molecule is CBc1ccc(Nc2c(C(=O)NOCC)cn(C)c(=O)c2F)c(F)c1. The molecule has 6 nitrogen and oxygen atoms in total. The zero-order valence-corrected chi connectivity index (χ0v) is 14.2. The van der Waals surface area contributed by atoms with Crippen LogP contribution in [0, 0.1) is 11.6 Å². The van der Waals surface area contributed by atoms with Crippen molar-refractivity contribution in [2.75, 3.05) is 11.9 Å². The van der Waals surface area contributed by atoms with E-state index in [1.54, 1.807) is 13.0 Å². The molecule has 0 bridgehead atoms. The van der Waals surface area contributed by atoms with Crippen molar-refractivity contribution in [1.82, 2.24) is 10.0 Å². The molecule has 132 valence electrons. The Balaban J connectivity index is 2.50. The predicted octanol–water partition coefficient (Wildman–Crippen LogP) is 1.20. The molecule has 1 aromatic carbocycles. The van der Waals surface area contributed by atoms with Gasteiger partial charge in [-0.05, 0) is 19.1 Å². The lowest BCUT2D eigenvalue weighted by Gasteiger charge is -2.15. The number of aromatic nitrogens is 1. The van der Waals surface area contributed by atoms with E-state index in [2.05, 4.69) is 10.8 Å². The summed E-state index contributed by atoms with van der Waals surface area (Å²) in [6.45, 7) is 3.74. The van der Waals surface area contributed by atoms with Crippen LogP contribution in [0.1, 0.15) is 17.3 Å². The lowest BCUT2D eigenvalue weighted by atomic mass is 9.73. The Bertz CT molecular complexity index is 855. The van der Waals surface area contributed by atoms with Gasteiger partial charge < -0.3 is 9.88 Å². The van der Waals surface area contributed by atoms with Crippen LogP contribution in [0.4, 0.5) is 20.2 Å². The molecule has 0 spiro atoms. The first kappa shape index (κ1) is 18.7. The second-order valence-corrected chi connectivity index (χ2v) is 5.30. The molecule has 0 aliphatic heterocycles. The van der Waals surface area contributed by atoms with Crippen molar-refractivity contribution in [3.05, 3.63) is 51.9 Å². The highest BCUT2D eigenvalue weighted by Crippen LogP contribution is 2.24. The molecular formula is C16H18BF2N3O3. The number of carbonyl (C=O) groups excluding carboxylic acids is 1. The minimum absolute atomic E-state index is 0.0465. The first-order valence-electron chi connectivity index (χ1n) is 7.75. The van der Waals surface area contributed by atoms with Crippen molar-refractivity contribution in [2.45, 2.75) is 13.7 Å². The smallest absolute Gasteiger partial charge is 0.288 e. The van der Waals surface area contributed by atoms with Crippen molar-refractivity contribution in [3.63, 3.8) is 0 Å². The summed E-state index contributed by atoms with van der Waals surface area (Å²) in [6, 6.07) is 4.40. The van der Waals surface area contributed by atoms with Gasteiger partial charge in [0.05, 0.1) is 23.5 Å². The highest BCUT2D eigenvalue weighted by Gasteiger charge is 2.21. The molecule has 0 radical (unpaired) electrons. The van der Waals surface area contributed by atoms with Crippen LogP contribution >= 0.6 is 0 Å². The first-order valence-corrected chi connectivity index (χ1v) is 7.75. The van der Waals surface area contributed by atoms with Crippen LogP contribution < -0.4 is 21.8 Å². The molecule has 0 atom stereocenters. The summed E-state index contributed by atoms with van der Waals surface area (Å²) in [4.78, 5) is 28.8. The summed E-state index contributed by atoms with van der Waals surface area (Å²) in [5.74, 6) is -2.56. The molecule has 2 aromatic rings. The van der Waals surface area contributed by atoms with E-state index in [0.717, 1.165) is 16.2 Å². The fourth-order valence-corrected chi connectivity index (χ4v) is 2.20. The van der Waals surface area contributed by atoms with Crippen molar-refractivity contribution < 1.29 is 18.4 Å². The van der Waals surface area contributed by atoms with Crippen LogP contribution in [-0.4, -0.2) is 24.4 Å². The number of carbonyl (C=O) groups is 1. The Morgan fingerprint density at radius 3 is 2.68 bits per heavy atom. The van der Waals surface area contributed by atoms with E-state index >= 15 is 0 Å². The summed E-state index contributed by atoms with van der Waals surface area (Å²) in [7, 11) is 1.95. The molecule has 1 aromatic heterocycles. The van der Waals surface area contributed by atoms with Gasteiger partial charge in [0.1, 0.15) is 5.82 Å². The molecule has 0 aliphatic carbocycles. The average molecular weight is 349 g/mol. The number of hydrogen-bond acceptors (Lipinski definition) is 4. The number of pyridine rings is 1. The number of hydrogen-bond donors (Lipinski definition) is 2. The van der Waals surface area contributed by atoms with Crippen LogP contribution in [-0.2, 0) is 11.9 Å². The van der Waals surface area contributed by atoms with Crippen molar-refractivity contribution >= 4 is 30.0 Å². The zero-order valence-electron chi connectivity index (χ0n) is 14.2. The van der Waals surface area contributed by atoms with Gasteiger partial charge in [0.25, 0.3) is 11.5 Å². The highest BCUT2D eigenvalue weighted by atomic mass is 19.1. The maximum atomic E-state index is 14.4. The topological polar surface area (TPSA) is 72.4 Å². The van der Waals surface area contributed by atoms with E-state index in [4.69, 9.17) is 4.84 Å². The third-order valence-electron chi connectivity index (χ3n) is 3.57. The molecule has 2 N–H and O–H groups in total. The van der Waals surface area contributed by atoms with E-state index in [9.17, 15) is 18.4 Å². The largest absolute Gasteiger partial charge is 0.350 e. The molecule has 0 saturated carbocycles. The fraction of sp³-hybridized carbons (Fsp3) is 0.250. The standard InChI is InChI=1S/C16H18BF2N3O3/c1-4-25-21-15(23)10-8-22(3)16(24)13(19)14(10)20-12-6-5-9(17-2)7-11(12)18/h5-8,17,20H,4H2,1-3H3,(H,21,23). The quantitative estimate of drug-likeness (QED) is 0.607. The number of nitrogens with one attached hydrogen (secondary N) is 2. The minimum Gasteiger partial charge on any atom is -0.350 e. The summed E-state index contributed by atoms with van der Waals surface area (Å²) >= 11 is 0. The van der Waals surface area contributed by atoms with Gasteiger partial charge in [-0.2, -0.15) is 4.39 Å². The Hall–Kier alpha value is -2.68. The van der Waals surface area contributed by atoms with Crippen LogP contribution in [0.25, 0.3) is 0 Å². The van der Waals surface area contributed by atoms with Gasteiger partial charge in [-0.15, -0.1) is 0 Å². The van der Waals surface area contributed by atoms with Crippen molar-refractivity contribution in [1.29, 1.82) is 0 Å². The molecule has 0 unspecified atom stereocenters. The van der Waals surface area contributed by atoms with Gasteiger partial charge in [0.2, 0.25) is 5.82 Å². The lowest BCUT2D eigenvalue weighted by molar-refractivity contribution is 0.0364. The van der Waals surface area contributed by atoms with E-state index < -0.39 is 28.8 Å². The molecule has 25 heavy (non-hydrogen) atoms. The van der Waals surface area contributed by atoms with Crippen molar-refractivity contribution in [3.8, 4) is 0 Å². The summed E-state index contributed by atoms with van der Waals surface area (Å²) in [5.41, 5.74) is 1.30. The second kappa shape index (κ2) is 7.93. The van der Waals surface area contributed by atoms with E-state index in [-0.39, 0.29) is 17.9 Å². The summed E-state index contributed by atoms with van der Waals surface area (Å²) in [5, 5.41) is 2.51. The summed E-state index contributed by atoms with van der Waals surface area (Å²) < 4.78 is 29.5. The number of hydroxylamine groups is 1. The molecule has 0 aliphatic rings. The molecule has 1 amide bonds. The normalized spacial score (nSPS) is 10.4. The maximum absolute atomic E-state index is 14.4. The highest BCUT2D eigenvalue weighted by molar-refractivity contribution is 6.51. The molecule has 9 heteroatoms. The lowest BCUT2D eigenvalue weighted by Crippen LogP contribution is -2.29.